The predicted octanol–water partition coefficient (Wildman–Crippen LogP) is 0.723. The van der Waals surface area contributed by atoms with E-state index in [0.717, 1.165) is 11.8 Å². The zero-order chi connectivity index (χ0) is 14.4. The molecule has 19 heavy (non-hydrogen) atoms. The van der Waals surface area contributed by atoms with E-state index in [2.05, 4.69) is 4.99 Å². The molecule has 0 fully saturated rings. The monoisotopic (exact) mass is 285 g/mol. The molecule has 1 aliphatic rings. The van der Waals surface area contributed by atoms with E-state index in [9.17, 15) is 14.4 Å². The summed E-state index contributed by atoms with van der Waals surface area (Å²) in [5, 5.41) is 0.337. The Morgan fingerprint density at radius 2 is 1.95 bits per heavy atom. The maximum absolute atomic E-state index is 11.9. The van der Waals surface area contributed by atoms with Crippen molar-refractivity contribution in [1.82, 2.24) is 9.80 Å². The first-order chi connectivity index (χ1) is 9.03. The van der Waals surface area contributed by atoms with Crippen LogP contribution in [-0.4, -0.2) is 58.1 Å². The summed E-state index contributed by atoms with van der Waals surface area (Å²) in [6.45, 7) is 7.40. The molecule has 0 aliphatic carbocycles. The van der Waals surface area contributed by atoms with Crippen molar-refractivity contribution in [3.63, 3.8) is 0 Å². The van der Waals surface area contributed by atoms with Crippen molar-refractivity contribution in [2.24, 2.45) is 4.99 Å². The Kier molecular flexibility index (Phi) is 6.01. The Hall–Kier alpha value is -1.37. The molecule has 1 rings (SSSR count). The molecule has 6 nitrogen and oxygen atoms in total. The minimum Gasteiger partial charge on any atom is -0.343 e. The van der Waals surface area contributed by atoms with E-state index in [0.29, 0.717) is 24.8 Å². The molecule has 0 spiro atoms. The third-order valence-electron chi connectivity index (χ3n) is 2.81. The van der Waals surface area contributed by atoms with E-state index in [-0.39, 0.29) is 24.0 Å². The minimum absolute atomic E-state index is 0.0146. The van der Waals surface area contributed by atoms with Gasteiger partial charge < -0.3 is 4.90 Å². The summed E-state index contributed by atoms with van der Waals surface area (Å²) in [6.07, 6.45) is -0.179. The van der Waals surface area contributed by atoms with Crippen molar-refractivity contribution in [3.05, 3.63) is 0 Å². The van der Waals surface area contributed by atoms with E-state index in [4.69, 9.17) is 0 Å². The molecule has 0 aromatic carbocycles. The number of amides is 3. The van der Waals surface area contributed by atoms with Gasteiger partial charge in [-0.2, -0.15) is 4.99 Å². The van der Waals surface area contributed by atoms with Crippen LogP contribution >= 0.6 is 11.8 Å². The molecule has 0 aromatic heterocycles. The van der Waals surface area contributed by atoms with E-state index < -0.39 is 5.91 Å². The van der Waals surface area contributed by atoms with Crippen LogP contribution in [-0.2, 0) is 14.4 Å². The predicted molar refractivity (Wildman–Crippen MR) is 74.8 cm³/mol. The number of rotatable bonds is 5. The van der Waals surface area contributed by atoms with Crippen LogP contribution in [0.2, 0.25) is 0 Å². The highest BCUT2D eigenvalue weighted by Gasteiger charge is 2.27. The topological polar surface area (TPSA) is 70.0 Å². The van der Waals surface area contributed by atoms with Crippen molar-refractivity contribution in [3.8, 4) is 0 Å². The largest absolute Gasteiger partial charge is 0.343 e. The molecule has 0 atom stereocenters. The number of hydrogen-bond donors (Lipinski definition) is 0. The molecule has 0 aromatic rings. The average Bonchev–Trinajstić information content (AvgIpc) is 2.37. The summed E-state index contributed by atoms with van der Waals surface area (Å²) in [6, 6.07) is 0. The maximum Gasteiger partial charge on any atom is 0.257 e. The third kappa shape index (κ3) is 4.05. The van der Waals surface area contributed by atoms with Gasteiger partial charge in [0.25, 0.3) is 5.91 Å². The van der Waals surface area contributed by atoms with Crippen LogP contribution in [0.5, 0.6) is 0 Å². The van der Waals surface area contributed by atoms with Gasteiger partial charge in [0.1, 0.15) is 6.42 Å². The fourth-order valence-corrected chi connectivity index (χ4v) is 2.74. The number of amidine groups is 1. The van der Waals surface area contributed by atoms with E-state index >= 15 is 0 Å². The molecule has 0 saturated carbocycles. The lowest BCUT2D eigenvalue weighted by Gasteiger charge is -2.25. The fourth-order valence-electron chi connectivity index (χ4n) is 1.75. The first kappa shape index (κ1) is 15.7. The maximum atomic E-state index is 11.9. The SMILES string of the molecule is CCN(CC)C(=O)CSC1=NC(=O)CC(=O)N1CC. The molecule has 0 unspecified atom stereocenters. The molecular weight excluding hydrogens is 266 g/mol. The van der Waals surface area contributed by atoms with E-state index in [1.807, 2.05) is 20.8 Å². The fraction of sp³-hybridized carbons (Fsp3) is 0.667. The molecule has 0 bridgehead atoms. The normalized spacial score (nSPS) is 15.5. The number of thioether (sulfide) groups is 1. The van der Waals surface area contributed by atoms with Gasteiger partial charge in [-0.15, -0.1) is 0 Å². The molecule has 0 saturated heterocycles. The average molecular weight is 285 g/mol. The van der Waals surface area contributed by atoms with Gasteiger partial charge in [0, 0.05) is 19.6 Å². The van der Waals surface area contributed by atoms with Gasteiger partial charge in [-0.1, -0.05) is 11.8 Å². The first-order valence-electron chi connectivity index (χ1n) is 6.35. The molecular formula is C12H19N3O3S. The Bertz CT molecular complexity index is 405. The van der Waals surface area contributed by atoms with Crippen molar-refractivity contribution < 1.29 is 14.4 Å². The van der Waals surface area contributed by atoms with Crippen LogP contribution in [0.25, 0.3) is 0 Å². The van der Waals surface area contributed by atoms with Crippen LogP contribution in [0.1, 0.15) is 27.2 Å². The van der Waals surface area contributed by atoms with Gasteiger partial charge in [-0.25, -0.2) is 0 Å². The molecule has 7 heteroatoms. The van der Waals surface area contributed by atoms with E-state index in [1.165, 1.54) is 4.90 Å². The second kappa shape index (κ2) is 7.28. The van der Waals surface area contributed by atoms with Crippen molar-refractivity contribution >= 4 is 34.7 Å². The summed E-state index contributed by atoms with van der Waals surface area (Å²) in [7, 11) is 0. The van der Waals surface area contributed by atoms with Gasteiger partial charge in [0.05, 0.1) is 5.75 Å². The summed E-state index contributed by atoms with van der Waals surface area (Å²) in [4.78, 5) is 41.8. The van der Waals surface area contributed by atoms with Crippen LogP contribution < -0.4 is 0 Å². The molecule has 1 aliphatic heterocycles. The highest BCUT2D eigenvalue weighted by Crippen LogP contribution is 2.16. The molecule has 1 heterocycles. The van der Waals surface area contributed by atoms with Crippen molar-refractivity contribution in [2.45, 2.75) is 27.2 Å². The smallest absolute Gasteiger partial charge is 0.257 e. The van der Waals surface area contributed by atoms with Crippen LogP contribution in [0.4, 0.5) is 0 Å². The second-order valence-corrected chi connectivity index (χ2v) is 4.90. The molecule has 0 radical (unpaired) electrons. The highest BCUT2D eigenvalue weighted by molar-refractivity contribution is 8.14. The third-order valence-corrected chi connectivity index (χ3v) is 3.77. The number of carbonyl (C=O) groups is 3. The lowest BCUT2D eigenvalue weighted by Crippen LogP contribution is -2.41. The zero-order valence-corrected chi connectivity index (χ0v) is 12.3. The highest BCUT2D eigenvalue weighted by atomic mass is 32.2. The van der Waals surface area contributed by atoms with Crippen molar-refractivity contribution in [2.75, 3.05) is 25.4 Å². The van der Waals surface area contributed by atoms with Crippen LogP contribution in [0.3, 0.4) is 0 Å². The minimum atomic E-state index is -0.438. The number of aliphatic imine (C=N–C) groups is 1. The zero-order valence-electron chi connectivity index (χ0n) is 11.5. The Balaban J connectivity index is 2.67. The lowest BCUT2D eigenvalue weighted by atomic mass is 10.3. The van der Waals surface area contributed by atoms with Crippen LogP contribution in [0.15, 0.2) is 4.99 Å². The summed E-state index contributed by atoms with van der Waals surface area (Å²) in [5.74, 6) is -0.510. The number of nitrogens with zero attached hydrogens (tertiary/aromatic N) is 3. The van der Waals surface area contributed by atoms with Gasteiger partial charge >= 0.3 is 0 Å². The summed E-state index contributed by atoms with van der Waals surface area (Å²) in [5.41, 5.74) is 0. The van der Waals surface area contributed by atoms with Gasteiger partial charge in [0.2, 0.25) is 11.8 Å². The molecule has 3 amide bonds. The number of carbonyl (C=O) groups excluding carboxylic acids is 3. The molecule has 106 valence electrons. The summed E-state index contributed by atoms with van der Waals surface area (Å²) < 4.78 is 0. The molecule has 0 N–H and O–H groups in total. The lowest BCUT2D eigenvalue weighted by molar-refractivity contribution is -0.133. The van der Waals surface area contributed by atoms with Gasteiger partial charge in [-0.05, 0) is 20.8 Å². The van der Waals surface area contributed by atoms with Crippen LogP contribution in [0, 0.1) is 0 Å². The van der Waals surface area contributed by atoms with E-state index in [1.54, 1.807) is 4.90 Å². The quantitative estimate of drug-likeness (QED) is 0.698. The Morgan fingerprint density at radius 3 is 2.47 bits per heavy atom. The second-order valence-electron chi connectivity index (χ2n) is 3.96. The van der Waals surface area contributed by atoms with Crippen molar-refractivity contribution in [1.29, 1.82) is 0 Å². The Morgan fingerprint density at radius 1 is 1.32 bits per heavy atom. The Labute approximate surface area is 117 Å². The summed E-state index contributed by atoms with van der Waals surface area (Å²) >= 11 is 1.15. The van der Waals surface area contributed by atoms with Gasteiger partial charge in [-0.3, -0.25) is 19.3 Å². The standard InChI is InChI=1S/C12H19N3O3S/c1-4-14(5-2)11(18)8-19-12-13-9(16)7-10(17)15(12)6-3/h4-8H2,1-3H3. The number of hydrogen-bond acceptors (Lipinski definition) is 4. The van der Waals surface area contributed by atoms with Gasteiger partial charge in [0.15, 0.2) is 5.17 Å². The first-order valence-corrected chi connectivity index (χ1v) is 7.34.